The highest BCUT2D eigenvalue weighted by atomic mass is 16.6. The number of nitrogens with one attached hydrogen (secondary N) is 1. The summed E-state index contributed by atoms with van der Waals surface area (Å²) in [7, 11) is 1.56. The Morgan fingerprint density at radius 1 is 1.19 bits per heavy atom. The van der Waals surface area contributed by atoms with Gasteiger partial charge in [0.2, 0.25) is 11.9 Å². The van der Waals surface area contributed by atoms with Crippen LogP contribution in [0.1, 0.15) is 39.3 Å². The summed E-state index contributed by atoms with van der Waals surface area (Å²) in [6.07, 6.45) is 4.74. The number of fused-ring (bicyclic) bond motifs is 1. The number of nitrogens with zero attached hydrogens (tertiary/aromatic N) is 5. The van der Waals surface area contributed by atoms with Crippen LogP contribution in [0.4, 0.5) is 16.4 Å². The Morgan fingerprint density at radius 3 is 2.61 bits per heavy atom. The molecule has 3 heterocycles. The summed E-state index contributed by atoms with van der Waals surface area (Å²) < 4.78 is 13.1. The van der Waals surface area contributed by atoms with Crippen molar-refractivity contribution in [2.45, 2.75) is 46.6 Å². The van der Waals surface area contributed by atoms with Crippen LogP contribution in [0.2, 0.25) is 0 Å². The summed E-state index contributed by atoms with van der Waals surface area (Å²) in [5.41, 5.74) is 3.88. The standard InChI is InChI=1S/C26H34N6O4/c1-6-7-17(2)36-26(34)28-21-9-8-20(16-22(21)35-5)23-24-18(3)27-10-11-32(24)25(29-23)31-14-12-30(13-15-31)19(4)33/h8-11,16-17H,6-7,12-15H2,1-5H3,(H,28,34)/t17-/m0/s1. The third kappa shape index (κ3) is 5.22. The number of carbonyl (C=O) groups excluding carboxylic acids is 2. The van der Waals surface area contributed by atoms with Crippen molar-refractivity contribution < 1.29 is 19.1 Å². The fourth-order valence-corrected chi connectivity index (χ4v) is 4.56. The maximum Gasteiger partial charge on any atom is 0.412 e. The van der Waals surface area contributed by atoms with Crippen LogP contribution in [0.3, 0.4) is 0 Å². The minimum atomic E-state index is -0.513. The zero-order valence-corrected chi connectivity index (χ0v) is 21.6. The molecule has 0 spiro atoms. The highest BCUT2D eigenvalue weighted by Crippen LogP contribution is 2.35. The molecule has 3 aromatic rings. The average Bonchev–Trinajstić information content (AvgIpc) is 3.25. The molecule has 1 aliphatic rings. The molecule has 0 bridgehead atoms. The molecule has 1 saturated heterocycles. The number of methoxy groups -OCH3 is 1. The number of rotatable bonds is 7. The van der Waals surface area contributed by atoms with Gasteiger partial charge in [0.05, 0.1) is 24.0 Å². The lowest BCUT2D eigenvalue weighted by Gasteiger charge is -2.34. The number of piperazine rings is 1. The van der Waals surface area contributed by atoms with Gasteiger partial charge in [0.25, 0.3) is 0 Å². The van der Waals surface area contributed by atoms with Gasteiger partial charge in [-0.15, -0.1) is 0 Å². The van der Waals surface area contributed by atoms with Gasteiger partial charge in [-0.2, -0.15) is 0 Å². The van der Waals surface area contributed by atoms with E-state index in [1.165, 1.54) is 0 Å². The Labute approximate surface area is 211 Å². The Bertz CT molecular complexity index is 1250. The van der Waals surface area contributed by atoms with Crippen LogP contribution in [-0.2, 0) is 9.53 Å². The quantitative estimate of drug-likeness (QED) is 0.527. The first-order valence-electron chi connectivity index (χ1n) is 12.3. The third-order valence-corrected chi connectivity index (χ3v) is 6.44. The largest absolute Gasteiger partial charge is 0.495 e. The van der Waals surface area contributed by atoms with E-state index in [0.717, 1.165) is 41.3 Å². The maximum atomic E-state index is 12.3. The molecule has 2 aromatic heterocycles. The van der Waals surface area contributed by atoms with E-state index in [4.69, 9.17) is 14.5 Å². The molecule has 0 radical (unpaired) electrons. The van der Waals surface area contributed by atoms with Crippen LogP contribution in [-0.4, -0.2) is 70.7 Å². The smallest absolute Gasteiger partial charge is 0.412 e. The van der Waals surface area contributed by atoms with Gasteiger partial charge in [-0.25, -0.2) is 9.78 Å². The van der Waals surface area contributed by atoms with Crippen LogP contribution in [0.5, 0.6) is 5.75 Å². The van der Waals surface area contributed by atoms with Gasteiger partial charge < -0.3 is 19.3 Å². The average molecular weight is 495 g/mol. The van der Waals surface area contributed by atoms with Crippen LogP contribution in [0, 0.1) is 6.92 Å². The van der Waals surface area contributed by atoms with E-state index in [1.54, 1.807) is 26.3 Å². The van der Waals surface area contributed by atoms with Crippen molar-refractivity contribution in [3.63, 3.8) is 0 Å². The molecule has 1 aliphatic heterocycles. The normalized spacial score (nSPS) is 14.6. The molecule has 0 unspecified atom stereocenters. The lowest BCUT2D eigenvalue weighted by Crippen LogP contribution is -2.48. The number of hydrogen-bond donors (Lipinski definition) is 1. The summed E-state index contributed by atoms with van der Waals surface area (Å²) in [4.78, 5) is 37.7. The van der Waals surface area contributed by atoms with Gasteiger partial charge >= 0.3 is 6.09 Å². The Hall–Kier alpha value is -3.82. The first-order valence-corrected chi connectivity index (χ1v) is 12.3. The monoisotopic (exact) mass is 494 g/mol. The van der Waals surface area contributed by atoms with E-state index in [9.17, 15) is 9.59 Å². The fraction of sp³-hybridized carbons (Fsp3) is 0.462. The number of carbonyl (C=O) groups is 2. The minimum Gasteiger partial charge on any atom is -0.495 e. The van der Waals surface area contributed by atoms with Crippen molar-refractivity contribution in [2.75, 3.05) is 43.5 Å². The van der Waals surface area contributed by atoms with Crippen molar-refractivity contribution in [3.8, 4) is 17.0 Å². The summed E-state index contributed by atoms with van der Waals surface area (Å²) in [5, 5.41) is 2.78. The third-order valence-electron chi connectivity index (χ3n) is 6.44. The summed E-state index contributed by atoms with van der Waals surface area (Å²) in [5.74, 6) is 1.41. The number of hydrogen-bond acceptors (Lipinski definition) is 7. The Morgan fingerprint density at radius 2 is 1.94 bits per heavy atom. The van der Waals surface area contributed by atoms with Crippen molar-refractivity contribution in [1.29, 1.82) is 0 Å². The number of benzene rings is 1. The molecule has 192 valence electrons. The van der Waals surface area contributed by atoms with Gasteiger partial charge in [-0.05, 0) is 32.4 Å². The molecule has 0 saturated carbocycles. The Balaban J connectivity index is 1.65. The van der Waals surface area contributed by atoms with Crippen molar-refractivity contribution in [3.05, 3.63) is 36.3 Å². The van der Waals surface area contributed by atoms with Crippen molar-refractivity contribution >= 4 is 29.2 Å². The molecular weight excluding hydrogens is 460 g/mol. The van der Waals surface area contributed by atoms with Crippen molar-refractivity contribution in [2.24, 2.45) is 0 Å². The highest BCUT2D eigenvalue weighted by molar-refractivity contribution is 5.89. The number of amides is 2. The molecule has 1 atom stereocenters. The predicted octanol–water partition coefficient (Wildman–Crippen LogP) is 4.12. The van der Waals surface area contributed by atoms with E-state index in [1.807, 2.05) is 48.4 Å². The minimum absolute atomic E-state index is 0.0906. The van der Waals surface area contributed by atoms with Gasteiger partial charge in [0.1, 0.15) is 17.5 Å². The lowest BCUT2D eigenvalue weighted by molar-refractivity contribution is -0.129. The van der Waals surface area contributed by atoms with Crippen LogP contribution in [0.15, 0.2) is 30.6 Å². The molecule has 2 amide bonds. The predicted molar refractivity (Wildman–Crippen MR) is 139 cm³/mol. The topological polar surface area (TPSA) is 101 Å². The van der Waals surface area contributed by atoms with E-state index in [2.05, 4.69) is 15.2 Å². The maximum absolute atomic E-state index is 12.3. The van der Waals surface area contributed by atoms with E-state index >= 15 is 0 Å². The van der Waals surface area contributed by atoms with Gasteiger partial charge in [0.15, 0.2) is 0 Å². The van der Waals surface area contributed by atoms with E-state index < -0.39 is 6.09 Å². The molecule has 10 heteroatoms. The molecule has 1 fully saturated rings. The van der Waals surface area contributed by atoms with Crippen molar-refractivity contribution in [1.82, 2.24) is 19.3 Å². The second-order valence-corrected chi connectivity index (χ2v) is 9.03. The number of aryl methyl sites for hydroxylation is 1. The number of imidazole rings is 1. The highest BCUT2D eigenvalue weighted by Gasteiger charge is 2.25. The number of anilines is 2. The second-order valence-electron chi connectivity index (χ2n) is 9.03. The second kappa shape index (κ2) is 10.8. The molecule has 4 rings (SSSR count). The van der Waals surface area contributed by atoms with Crippen LogP contribution in [0.25, 0.3) is 16.8 Å². The molecule has 1 aromatic carbocycles. The van der Waals surface area contributed by atoms with Crippen LogP contribution >= 0.6 is 0 Å². The lowest BCUT2D eigenvalue weighted by atomic mass is 10.1. The molecule has 1 N–H and O–H groups in total. The van der Waals surface area contributed by atoms with Gasteiger partial charge in [-0.1, -0.05) is 19.4 Å². The molecule has 10 nitrogen and oxygen atoms in total. The zero-order valence-electron chi connectivity index (χ0n) is 21.6. The van der Waals surface area contributed by atoms with E-state index in [0.29, 0.717) is 37.6 Å². The van der Waals surface area contributed by atoms with Gasteiger partial charge in [-0.3, -0.25) is 19.5 Å². The summed E-state index contributed by atoms with van der Waals surface area (Å²) in [6, 6.07) is 5.55. The fourth-order valence-electron chi connectivity index (χ4n) is 4.56. The first kappa shape index (κ1) is 25.3. The summed E-state index contributed by atoms with van der Waals surface area (Å²) >= 11 is 0. The Kier molecular flexibility index (Phi) is 7.61. The van der Waals surface area contributed by atoms with E-state index in [-0.39, 0.29) is 12.0 Å². The van der Waals surface area contributed by atoms with Gasteiger partial charge in [0, 0.05) is 51.1 Å². The zero-order chi connectivity index (χ0) is 25.8. The molecule has 36 heavy (non-hydrogen) atoms. The van der Waals surface area contributed by atoms with Crippen LogP contribution < -0.4 is 15.0 Å². The number of aromatic nitrogens is 3. The first-order chi connectivity index (χ1) is 17.3. The SMILES string of the molecule is CCC[C@H](C)OC(=O)Nc1ccc(-c2nc(N3CCN(C(C)=O)CC3)n3ccnc(C)c23)cc1OC. The summed E-state index contributed by atoms with van der Waals surface area (Å²) in [6.45, 7) is 10.2. The molecular formula is C26H34N6O4. The molecule has 0 aliphatic carbocycles. The number of ether oxygens (including phenoxy) is 2.